The Morgan fingerprint density at radius 1 is 1.11 bits per heavy atom. The lowest BCUT2D eigenvalue weighted by atomic mass is 9.77. The van der Waals surface area contributed by atoms with Crippen LogP contribution in [0.15, 0.2) is 24.4 Å². The fourth-order valence-corrected chi connectivity index (χ4v) is 4.36. The first-order valence-electron chi connectivity index (χ1n) is 12.8. The number of aromatic nitrogens is 4. The molecule has 1 aliphatic carbocycles. The average Bonchev–Trinajstić information content (AvgIpc) is 3.42. The van der Waals surface area contributed by atoms with E-state index in [4.69, 9.17) is 31.8 Å². The van der Waals surface area contributed by atoms with E-state index in [1.54, 1.807) is 18.0 Å². The number of nitrogens with zero attached hydrogens (tertiary/aromatic N) is 4. The summed E-state index contributed by atoms with van der Waals surface area (Å²) < 4.78 is 12.4. The Morgan fingerprint density at radius 3 is 2.44 bits per heavy atom. The van der Waals surface area contributed by atoms with Gasteiger partial charge in [0.2, 0.25) is 5.95 Å². The molecule has 10 nitrogen and oxygen atoms in total. The Balaban J connectivity index is 0.000000209. The molecule has 2 aromatic heterocycles. The molecule has 1 aromatic carbocycles. The summed E-state index contributed by atoms with van der Waals surface area (Å²) >= 11 is 0. The van der Waals surface area contributed by atoms with Crippen LogP contribution >= 0.6 is 0 Å². The Kier molecular flexibility index (Phi) is 10.7. The fraction of sp³-hybridized carbons (Fsp3) is 0.577. The van der Waals surface area contributed by atoms with Crippen molar-refractivity contribution in [3.8, 4) is 5.75 Å². The zero-order valence-electron chi connectivity index (χ0n) is 21.5. The number of ether oxygens (including phenoxy) is 2. The van der Waals surface area contributed by atoms with Crippen molar-refractivity contribution in [2.75, 3.05) is 38.4 Å². The van der Waals surface area contributed by atoms with E-state index in [0.717, 1.165) is 48.3 Å². The number of rotatable bonds is 8. The van der Waals surface area contributed by atoms with Gasteiger partial charge >= 0.3 is 0 Å². The van der Waals surface area contributed by atoms with Crippen LogP contribution in [0, 0.1) is 11.8 Å². The van der Waals surface area contributed by atoms with Crippen LogP contribution in [0.1, 0.15) is 56.6 Å². The van der Waals surface area contributed by atoms with Gasteiger partial charge in [-0.2, -0.15) is 10.1 Å². The van der Waals surface area contributed by atoms with Crippen LogP contribution in [0.3, 0.4) is 0 Å². The lowest BCUT2D eigenvalue weighted by Crippen LogP contribution is -2.22. The molecule has 1 saturated carbocycles. The highest BCUT2D eigenvalue weighted by atomic mass is 16.5. The van der Waals surface area contributed by atoms with Gasteiger partial charge in [0.15, 0.2) is 5.82 Å². The smallest absolute Gasteiger partial charge is 0.222 e. The van der Waals surface area contributed by atoms with Gasteiger partial charge in [0, 0.05) is 31.9 Å². The summed E-state index contributed by atoms with van der Waals surface area (Å²) in [6.45, 7) is 5.59. The molecule has 3 heterocycles. The molecule has 5 rings (SSSR count). The highest BCUT2D eigenvalue weighted by Gasteiger charge is 2.35. The summed E-state index contributed by atoms with van der Waals surface area (Å²) in [6.07, 6.45) is 9.17. The topological polar surface area (TPSA) is 160 Å². The van der Waals surface area contributed by atoms with E-state index in [9.17, 15) is 0 Å². The summed E-state index contributed by atoms with van der Waals surface area (Å²) in [5.74, 6) is 3.13. The minimum atomic E-state index is 0.134. The third-order valence-electron chi connectivity index (χ3n) is 6.69. The summed E-state index contributed by atoms with van der Waals surface area (Å²) in [5.41, 5.74) is 20.4. The number of hydrogen-bond donors (Lipinski definition) is 4. The monoisotopic (exact) mass is 499 g/mol. The number of nitrogen functional groups attached to an aromatic ring is 2. The standard InChI is InChI=1S/C14H17N7O.C6H10O.C6H14O/c1-22-11-4-8(5-15)2-3-9(11)7-21-12-10(6-18-21)19-14(17)20-13(12)16;1-2-6-4-7-3-5(1)6;1-2-3-4-5-6-7/h2-4,6H,5,7,15H2,1H3,(H4,16,17,19,20);5-6H,1-4H2;7H,2-6H2,1H3/t;5-,6+;. The second-order valence-electron chi connectivity index (χ2n) is 9.27. The summed E-state index contributed by atoms with van der Waals surface area (Å²) in [4.78, 5) is 8.11. The second-order valence-corrected chi connectivity index (χ2v) is 9.27. The number of aliphatic hydroxyl groups excluding tert-OH is 1. The van der Waals surface area contributed by atoms with Crippen molar-refractivity contribution in [3.05, 3.63) is 35.5 Å². The van der Waals surface area contributed by atoms with Gasteiger partial charge in [-0.15, -0.1) is 0 Å². The van der Waals surface area contributed by atoms with Crippen molar-refractivity contribution in [2.24, 2.45) is 17.6 Å². The number of benzene rings is 1. The Labute approximate surface area is 213 Å². The number of hydrogen-bond acceptors (Lipinski definition) is 9. The van der Waals surface area contributed by atoms with E-state index in [0.29, 0.717) is 36.5 Å². The molecule has 3 aromatic rings. The van der Waals surface area contributed by atoms with Crippen LogP contribution < -0.4 is 21.9 Å². The maximum atomic E-state index is 8.29. The first kappa shape index (κ1) is 27.6. The molecule has 2 atom stereocenters. The molecule has 0 unspecified atom stereocenters. The van der Waals surface area contributed by atoms with Crippen LogP contribution in [-0.2, 0) is 17.8 Å². The third kappa shape index (κ3) is 7.28. The van der Waals surface area contributed by atoms with Gasteiger partial charge in [-0.25, -0.2) is 4.98 Å². The molecule has 7 N–H and O–H groups in total. The van der Waals surface area contributed by atoms with Crippen LogP contribution in [0.2, 0.25) is 0 Å². The van der Waals surface area contributed by atoms with Gasteiger partial charge in [-0.05, 0) is 42.7 Å². The van der Waals surface area contributed by atoms with Gasteiger partial charge in [0.25, 0.3) is 0 Å². The van der Waals surface area contributed by atoms with Crippen LogP contribution in [0.4, 0.5) is 11.8 Å². The molecule has 0 radical (unpaired) electrons. The van der Waals surface area contributed by atoms with Crippen LogP contribution in [-0.4, -0.2) is 51.8 Å². The number of nitrogens with two attached hydrogens (primary N) is 3. The van der Waals surface area contributed by atoms with Crippen molar-refractivity contribution >= 4 is 22.8 Å². The minimum absolute atomic E-state index is 0.134. The molecule has 2 aliphatic rings. The zero-order valence-corrected chi connectivity index (χ0v) is 21.5. The van der Waals surface area contributed by atoms with Crippen LogP contribution in [0.5, 0.6) is 5.75 Å². The van der Waals surface area contributed by atoms with E-state index in [1.807, 2.05) is 18.2 Å². The number of methoxy groups -OCH3 is 1. The van der Waals surface area contributed by atoms with Crippen molar-refractivity contribution in [2.45, 2.75) is 58.5 Å². The quantitative estimate of drug-likeness (QED) is 0.341. The molecule has 0 amide bonds. The molecule has 1 saturated heterocycles. The fourth-order valence-electron chi connectivity index (χ4n) is 4.36. The molecular formula is C26H41N7O3. The van der Waals surface area contributed by atoms with Gasteiger partial charge in [-0.3, -0.25) is 4.68 Å². The van der Waals surface area contributed by atoms with E-state index < -0.39 is 0 Å². The normalized spacial score (nSPS) is 17.9. The first-order valence-corrected chi connectivity index (χ1v) is 12.8. The maximum absolute atomic E-state index is 8.29. The largest absolute Gasteiger partial charge is 0.496 e. The number of anilines is 2. The number of fused-ring (bicyclic) bond motifs is 2. The van der Waals surface area contributed by atoms with Gasteiger partial charge in [-0.1, -0.05) is 38.3 Å². The molecule has 36 heavy (non-hydrogen) atoms. The Hall–Kier alpha value is -2.95. The maximum Gasteiger partial charge on any atom is 0.222 e. The van der Waals surface area contributed by atoms with Gasteiger partial charge in [0.1, 0.15) is 16.8 Å². The van der Waals surface area contributed by atoms with Crippen molar-refractivity contribution in [1.29, 1.82) is 0 Å². The average molecular weight is 500 g/mol. The van der Waals surface area contributed by atoms with E-state index in [-0.39, 0.29) is 5.95 Å². The second kappa shape index (κ2) is 14.0. The minimum Gasteiger partial charge on any atom is -0.496 e. The van der Waals surface area contributed by atoms with Crippen molar-refractivity contribution in [1.82, 2.24) is 19.7 Å². The third-order valence-corrected chi connectivity index (χ3v) is 6.69. The molecule has 10 heteroatoms. The Bertz CT molecular complexity index is 1070. The number of unbranched alkanes of at least 4 members (excludes halogenated alkanes) is 3. The lowest BCUT2D eigenvalue weighted by Gasteiger charge is -2.26. The van der Waals surface area contributed by atoms with Crippen molar-refractivity contribution < 1.29 is 14.6 Å². The zero-order chi connectivity index (χ0) is 25.9. The van der Waals surface area contributed by atoms with E-state index in [2.05, 4.69) is 22.0 Å². The van der Waals surface area contributed by atoms with E-state index >= 15 is 0 Å². The number of aliphatic hydroxyl groups is 1. The SMILES string of the molecule is C1C[C@H]2COC[C@@H]12.CCCCCCO.COc1cc(CN)ccc1Cn1ncc2nc(N)nc(N)c21. The molecule has 1 aliphatic heterocycles. The highest BCUT2D eigenvalue weighted by Crippen LogP contribution is 2.38. The summed E-state index contributed by atoms with van der Waals surface area (Å²) in [6, 6.07) is 5.84. The molecule has 198 valence electrons. The predicted molar refractivity (Wildman–Crippen MR) is 142 cm³/mol. The molecule has 2 fully saturated rings. The van der Waals surface area contributed by atoms with Crippen molar-refractivity contribution in [3.63, 3.8) is 0 Å². The summed E-state index contributed by atoms with van der Waals surface area (Å²) in [7, 11) is 1.62. The first-order chi connectivity index (χ1) is 17.5. The molecule has 0 spiro atoms. The van der Waals surface area contributed by atoms with Crippen LogP contribution in [0.25, 0.3) is 11.0 Å². The highest BCUT2D eigenvalue weighted by molar-refractivity contribution is 5.85. The summed E-state index contributed by atoms with van der Waals surface area (Å²) in [5, 5.41) is 12.6. The van der Waals surface area contributed by atoms with Gasteiger partial charge in [0.05, 0.1) is 19.9 Å². The van der Waals surface area contributed by atoms with Gasteiger partial charge < -0.3 is 31.8 Å². The predicted octanol–water partition coefficient (Wildman–Crippen LogP) is 3.11. The Morgan fingerprint density at radius 2 is 1.86 bits per heavy atom. The lowest BCUT2D eigenvalue weighted by molar-refractivity contribution is 0.187. The van der Waals surface area contributed by atoms with E-state index in [1.165, 1.54) is 32.1 Å². The molecular weight excluding hydrogens is 458 g/mol. The molecule has 0 bridgehead atoms.